The Morgan fingerprint density at radius 3 is 2.45 bits per heavy atom. The van der Waals surface area contributed by atoms with E-state index >= 15 is 0 Å². The molecular formula is C19H21NO2. The standard InChI is InChI=1S/C19H21NO2/c1-3-22-18-12-9-16(10-13-18)11-14-19(21)20-15(2)17-7-5-4-6-8-17/h4-15H,3H2,1-2H3,(H,20,21)/b14-11+. The molecule has 0 heterocycles. The summed E-state index contributed by atoms with van der Waals surface area (Å²) >= 11 is 0. The van der Waals surface area contributed by atoms with Crippen LogP contribution in [0.25, 0.3) is 6.08 Å². The fourth-order valence-corrected chi connectivity index (χ4v) is 2.10. The van der Waals surface area contributed by atoms with Gasteiger partial charge in [-0.25, -0.2) is 0 Å². The Morgan fingerprint density at radius 2 is 1.82 bits per heavy atom. The van der Waals surface area contributed by atoms with Crippen molar-refractivity contribution in [3.63, 3.8) is 0 Å². The number of carbonyl (C=O) groups is 1. The van der Waals surface area contributed by atoms with Crippen LogP contribution >= 0.6 is 0 Å². The maximum absolute atomic E-state index is 11.9. The molecule has 114 valence electrons. The molecule has 3 nitrogen and oxygen atoms in total. The average Bonchev–Trinajstić information content (AvgIpc) is 2.55. The van der Waals surface area contributed by atoms with Crippen LogP contribution < -0.4 is 10.1 Å². The van der Waals surface area contributed by atoms with Crippen LogP contribution in [0.15, 0.2) is 60.7 Å². The fourth-order valence-electron chi connectivity index (χ4n) is 2.10. The average molecular weight is 295 g/mol. The highest BCUT2D eigenvalue weighted by molar-refractivity contribution is 5.91. The third-order valence-electron chi connectivity index (χ3n) is 3.28. The first kappa shape index (κ1) is 15.8. The molecule has 0 aliphatic carbocycles. The molecule has 1 N–H and O–H groups in total. The van der Waals surface area contributed by atoms with Gasteiger partial charge in [0.1, 0.15) is 5.75 Å². The molecule has 3 heteroatoms. The van der Waals surface area contributed by atoms with Crippen molar-refractivity contribution in [2.75, 3.05) is 6.61 Å². The topological polar surface area (TPSA) is 38.3 Å². The van der Waals surface area contributed by atoms with E-state index in [1.54, 1.807) is 12.2 Å². The monoisotopic (exact) mass is 295 g/mol. The van der Waals surface area contributed by atoms with Crippen LogP contribution in [-0.4, -0.2) is 12.5 Å². The molecule has 2 aromatic rings. The lowest BCUT2D eigenvalue weighted by atomic mass is 10.1. The predicted molar refractivity (Wildman–Crippen MR) is 89.6 cm³/mol. The van der Waals surface area contributed by atoms with Gasteiger partial charge in [0, 0.05) is 6.08 Å². The van der Waals surface area contributed by atoms with Crippen LogP contribution in [0, 0.1) is 0 Å². The molecule has 1 unspecified atom stereocenters. The number of hydrogen-bond donors (Lipinski definition) is 1. The van der Waals surface area contributed by atoms with Crippen molar-refractivity contribution in [2.24, 2.45) is 0 Å². The van der Waals surface area contributed by atoms with Crippen molar-refractivity contribution in [1.29, 1.82) is 0 Å². The van der Waals surface area contributed by atoms with E-state index in [1.807, 2.05) is 68.4 Å². The summed E-state index contributed by atoms with van der Waals surface area (Å²) in [5.41, 5.74) is 2.05. The van der Waals surface area contributed by atoms with Gasteiger partial charge in [-0.1, -0.05) is 42.5 Å². The van der Waals surface area contributed by atoms with E-state index in [9.17, 15) is 4.79 Å². The molecular weight excluding hydrogens is 274 g/mol. The van der Waals surface area contributed by atoms with E-state index in [0.717, 1.165) is 16.9 Å². The molecule has 0 saturated carbocycles. The number of rotatable bonds is 6. The Bertz CT molecular complexity index is 618. The minimum atomic E-state index is -0.106. The largest absolute Gasteiger partial charge is 0.494 e. The van der Waals surface area contributed by atoms with Gasteiger partial charge < -0.3 is 10.1 Å². The minimum absolute atomic E-state index is 0.0151. The van der Waals surface area contributed by atoms with E-state index in [1.165, 1.54) is 0 Å². The second-order valence-electron chi connectivity index (χ2n) is 4.98. The SMILES string of the molecule is CCOc1ccc(/C=C/C(=O)NC(C)c2ccccc2)cc1. The summed E-state index contributed by atoms with van der Waals surface area (Å²) in [7, 11) is 0. The van der Waals surface area contributed by atoms with Crippen LogP contribution in [0.3, 0.4) is 0 Å². The maximum atomic E-state index is 11.9. The quantitative estimate of drug-likeness (QED) is 0.819. The van der Waals surface area contributed by atoms with Crippen LogP contribution in [-0.2, 0) is 4.79 Å². The van der Waals surface area contributed by atoms with E-state index in [-0.39, 0.29) is 11.9 Å². The Hall–Kier alpha value is -2.55. The van der Waals surface area contributed by atoms with Crippen LogP contribution in [0.5, 0.6) is 5.75 Å². The predicted octanol–water partition coefficient (Wildman–Crippen LogP) is 3.98. The summed E-state index contributed by atoms with van der Waals surface area (Å²) in [5.74, 6) is 0.729. The molecule has 2 aromatic carbocycles. The van der Waals surface area contributed by atoms with Crippen LogP contribution in [0.1, 0.15) is 31.0 Å². The molecule has 0 aliphatic heterocycles. The van der Waals surface area contributed by atoms with Gasteiger partial charge >= 0.3 is 0 Å². The van der Waals surface area contributed by atoms with Gasteiger partial charge in [-0.15, -0.1) is 0 Å². The highest BCUT2D eigenvalue weighted by Gasteiger charge is 2.06. The number of benzene rings is 2. The zero-order valence-electron chi connectivity index (χ0n) is 13.0. The summed E-state index contributed by atoms with van der Waals surface area (Å²) in [6, 6.07) is 17.5. The van der Waals surface area contributed by atoms with Crippen molar-refractivity contribution in [3.8, 4) is 5.75 Å². The fraction of sp³-hybridized carbons (Fsp3) is 0.211. The lowest BCUT2D eigenvalue weighted by Gasteiger charge is -2.12. The lowest BCUT2D eigenvalue weighted by molar-refractivity contribution is -0.117. The minimum Gasteiger partial charge on any atom is -0.494 e. The Balaban J connectivity index is 1.91. The number of ether oxygens (including phenoxy) is 1. The Kier molecular flexibility index (Phi) is 5.78. The van der Waals surface area contributed by atoms with Crippen molar-refractivity contribution in [2.45, 2.75) is 19.9 Å². The molecule has 22 heavy (non-hydrogen) atoms. The summed E-state index contributed by atoms with van der Waals surface area (Å²) < 4.78 is 5.38. The maximum Gasteiger partial charge on any atom is 0.244 e. The van der Waals surface area contributed by atoms with Crippen molar-refractivity contribution in [1.82, 2.24) is 5.32 Å². The second-order valence-corrected chi connectivity index (χ2v) is 4.98. The molecule has 0 fully saturated rings. The van der Waals surface area contributed by atoms with Crippen molar-refractivity contribution < 1.29 is 9.53 Å². The molecule has 0 saturated heterocycles. The van der Waals surface area contributed by atoms with Crippen LogP contribution in [0.4, 0.5) is 0 Å². The molecule has 0 aliphatic rings. The zero-order valence-corrected chi connectivity index (χ0v) is 13.0. The van der Waals surface area contributed by atoms with Gasteiger partial charge in [-0.3, -0.25) is 4.79 Å². The number of carbonyl (C=O) groups excluding carboxylic acids is 1. The number of nitrogens with one attached hydrogen (secondary N) is 1. The third kappa shape index (κ3) is 4.77. The molecule has 0 spiro atoms. The number of amides is 1. The van der Waals surface area contributed by atoms with Crippen molar-refractivity contribution in [3.05, 3.63) is 71.8 Å². The van der Waals surface area contributed by atoms with E-state index < -0.39 is 0 Å². The van der Waals surface area contributed by atoms with Crippen molar-refractivity contribution >= 4 is 12.0 Å². The number of hydrogen-bond acceptors (Lipinski definition) is 2. The first-order chi connectivity index (χ1) is 10.7. The summed E-state index contributed by atoms with van der Waals surface area (Å²) in [6.07, 6.45) is 3.35. The normalized spacial score (nSPS) is 12.1. The molecule has 2 rings (SSSR count). The second kappa shape index (κ2) is 8.03. The Labute approximate surface area is 131 Å². The van der Waals surface area contributed by atoms with Crippen LogP contribution in [0.2, 0.25) is 0 Å². The third-order valence-corrected chi connectivity index (χ3v) is 3.28. The zero-order chi connectivity index (χ0) is 15.8. The highest BCUT2D eigenvalue weighted by atomic mass is 16.5. The summed E-state index contributed by atoms with van der Waals surface area (Å²) in [4.78, 5) is 11.9. The first-order valence-electron chi connectivity index (χ1n) is 7.45. The lowest BCUT2D eigenvalue weighted by Crippen LogP contribution is -2.24. The van der Waals surface area contributed by atoms with Gasteiger partial charge in [-0.2, -0.15) is 0 Å². The molecule has 1 atom stereocenters. The summed E-state index contributed by atoms with van der Waals surface area (Å²) in [5, 5.41) is 2.95. The molecule has 1 amide bonds. The smallest absolute Gasteiger partial charge is 0.244 e. The van der Waals surface area contributed by atoms with Gasteiger partial charge in [0.2, 0.25) is 5.91 Å². The molecule has 0 aromatic heterocycles. The first-order valence-corrected chi connectivity index (χ1v) is 7.45. The van der Waals surface area contributed by atoms with Gasteiger partial charge in [0.15, 0.2) is 0 Å². The molecule has 0 radical (unpaired) electrons. The van der Waals surface area contributed by atoms with E-state index in [2.05, 4.69) is 5.32 Å². The highest BCUT2D eigenvalue weighted by Crippen LogP contribution is 2.14. The van der Waals surface area contributed by atoms with Gasteiger partial charge in [-0.05, 0) is 43.2 Å². The summed E-state index contributed by atoms with van der Waals surface area (Å²) in [6.45, 7) is 4.57. The Morgan fingerprint density at radius 1 is 1.14 bits per heavy atom. The molecule has 0 bridgehead atoms. The van der Waals surface area contributed by atoms with E-state index in [0.29, 0.717) is 6.61 Å². The van der Waals surface area contributed by atoms with E-state index in [4.69, 9.17) is 4.74 Å². The van der Waals surface area contributed by atoms with Gasteiger partial charge in [0.25, 0.3) is 0 Å². The van der Waals surface area contributed by atoms with Gasteiger partial charge in [0.05, 0.1) is 12.6 Å².